The average Bonchev–Trinajstić information content (AvgIpc) is 2.85. The smallest absolute Gasteiger partial charge is 0.267 e. The Balaban J connectivity index is 2.22. The summed E-state index contributed by atoms with van der Waals surface area (Å²) in [5.74, 6) is -0.275. The first-order valence-electron chi connectivity index (χ1n) is 6.10. The Morgan fingerprint density at radius 2 is 1.76 bits per heavy atom. The predicted octanol–water partition coefficient (Wildman–Crippen LogP) is 5.65. The molecule has 7 heteroatoms. The number of anilines is 1. The van der Waals surface area contributed by atoms with Crippen LogP contribution in [0.25, 0.3) is 0 Å². The lowest BCUT2D eigenvalue weighted by atomic mass is 9.98. The lowest BCUT2D eigenvalue weighted by molar-refractivity contribution is 0.103. The molecule has 0 aliphatic rings. The van der Waals surface area contributed by atoms with Gasteiger partial charge in [-0.15, -0.1) is 11.3 Å². The first-order valence-corrected chi connectivity index (χ1v) is 8.05. The normalized spacial score (nSPS) is 11.5. The second kappa shape index (κ2) is 6.13. The summed E-state index contributed by atoms with van der Waals surface area (Å²) in [5, 5.41) is 4.61. The van der Waals surface area contributed by atoms with Crippen LogP contribution in [0.4, 0.5) is 5.69 Å². The van der Waals surface area contributed by atoms with Crippen molar-refractivity contribution in [2.75, 3.05) is 5.32 Å². The number of nitrogens with zero attached hydrogens (tertiary/aromatic N) is 1. The molecule has 2 aromatic rings. The largest absolute Gasteiger partial charge is 0.320 e. The third kappa shape index (κ3) is 3.89. The SMILES string of the molecule is CC(C)(C)c1ncc(C(=O)Nc2cc(Cl)c(Cl)cc2Cl)s1. The van der Waals surface area contributed by atoms with Crippen molar-refractivity contribution < 1.29 is 4.79 Å². The second-order valence-electron chi connectivity index (χ2n) is 5.48. The number of amides is 1. The Labute approximate surface area is 142 Å². The van der Waals surface area contributed by atoms with Crippen LogP contribution < -0.4 is 5.32 Å². The molecule has 0 unspecified atom stereocenters. The highest BCUT2D eigenvalue weighted by Gasteiger charge is 2.21. The number of halogens is 3. The lowest BCUT2D eigenvalue weighted by Crippen LogP contribution is -2.11. The van der Waals surface area contributed by atoms with E-state index in [-0.39, 0.29) is 11.3 Å². The maximum Gasteiger partial charge on any atom is 0.267 e. The molecule has 0 aliphatic heterocycles. The van der Waals surface area contributed by atoms with Gasteiger partial charge < -0.3 is 5.32 Å². The zero-order valence-electron chi connectivity index (χ0n) is 11.6. The summed E-state index contributed by atoms with van der Waals surface area (Å²) in [5.41, 5.74) is 0.325. The fraction of sp³-hybridized carbons (Fsp3) is 0.286. The molecule has 0 fully saturated rings. The highest BCUT2D eigenvalue weighted by molar-refractivity contribution is 7.13. The Morgan fingerprint density at radius 3 is 2.33 bits per heavy atom. The molecule has 1 aromatic heterocycles. The van der Waals surface area contributed by atoms with Crippen LogP contribution in [-0.4, -0.2) is 10.9 Å². The van der Waals surface area contributed by atoms with Gasteiger partial charge in [0.25, 0.3) is 5.91 Å². The minimum Gasteiger partial charge on any atom is -0.320 e. The molecule has 1 heterocycles. The third-order valence-electron chi connectivity index (χ3n) is 2.63. The lowest BCUT2D eigenvalue weighted by Gasteiger charge is -2.13. The van der Waals surface area contributed by atoms with E-state index in [1.54, 1.807) is 6.20 Å². The summed E-state index contributed by atoms with van der Waals surface area (Å²) in [4.78, 5) is 17.0. The van der Waals surface area contributed by atoms with Gasteiger partial charge in [-0.2, -0.15) is 0 Å². The quantitative estimate of drug-likeness (QED) is 0.700. The number of hydrogen-bond acceptors (Lipinski definition) is 3. The van der Waals surface area contributed by atoms with Crippen molar-refractivity contribution >= 4 is 57.7 Å². The summed E-state index contributed by atoms with van der Waals surface area (Å²) in [6.45, 7) is 6.13. The van der Waals surface area contributed by atoms with E-state index in [2.05, 4.69) is 10.3 Å². The molecule has 0 radical (unpaired) electrons. The number of aromatic nitrogens is 1. The zero-order chi connectivity index (χ0) is 15.8. The van der Waals surface area contributed by atoms with Crippen molar-refractivity contribution in [1.82, 2.24) is 4.98 Å². The minimum atomic E-state index is -0.275. The van der Waals surface area contributed by atoms with E-state index in [4.69, 9.17) is 34.8 Å². The molecule has 3 nitrogen and oxygen atoms in total. The predicted molar refractivity (Wildman–Crippen MR) is 90.2 cm³/mol. The van der Waals surface area contributed by atoms with Gasteiger partial charge in [0, 0.05) is 5.41 Å². The molecule has 1 N–H and O–H groups in total. The minimum absolute atomic E-state index is 0.0928. The summed E-state index contributed by atoms with van der Waals surface area (Å²) in [7, 11) is 0. The van der Waals surface area contributed by atoms with Crippen LogP contribution >= 0.6 is 46.1 Å². The van der Waals surface area contributed by atoms with Crippen molar-refractivity contribution in [2.24, 2.45) is 0 Å². The van der Waals surface area contributed by atoms with Gasteiger partial charge >= 0.3 is 0 Å². The highest BCUT2D eigenvalue weighted by atomic mass is 35.5. The molecule has 0 atom stereocenters. The average molecular weight is 364 g/mol. The highest BCUT2D eigenvalue weighted by Crippen LogP contribution is 2.33. The molecular weight excluding hydrogens is 351 g/mol. The first-order chi connectivity index (χ1) is 9.68. The molecule has 2 rings (SSSR count). The van der Waals surface area contributed by atoms with Crippen molar-refractivity contribution in [3.63, 3.8) is 0 Å². The Morgan fingerprint density at radius 1 is 1.14 bits per heavy atom. The number of nitrogens with one attached hydrogen (secondary N) is 1. The number of carbonyl (C=O) groups is 1. The summed E-state index contributed by atoms with van der Waals surface area (Å²) >= 11 is 19.2. The molecule has 0 spiro atoms. The Kier molecular flexibility index (Phi) is 4.83. The summed E-state index contributed by atoms with van der Waals surface area (Å²) in [6.07, 6.45) is 1.56. The Hall–Kier alpha value is -0.810. The van der Waals surface area contributed by atoms with Crippen LogP contribution in [0.5, 0.6) is 0 Å². The molecule has 112 valence electrons. The van der Waals surface area contributed by atoms with E-state index in [1.165, 1.54) is 23.5 Å². The molecule has 0 bridgehead atoms. The number of carbonyl (C=O) groups excluding carboxylic acids is 1. The summed E-state index contributed by atoms with van der Waals surface area (Å²) in [6, 6.07) is 3.02. The zero-order valence-corrected chi connectivity index (χ0v) is 14.7. The standard InChI is InChI=1S/C14H13Cl3N2OS/c1-14(2,3)13-18-6-11(21-13)12(20)19-10-5-8(16)7(15)4-9(10)17/h4-6H,1-3H3,(H,19,20). The van der Waals surface area contributed by atoms with E-state index in [1.807, 2.05) is 20.8 Å². The molecule has 1 aromatic carbocycles. The van der Waals surface area contributed by atoms with Crippen LogP contribution in [0.1, 0.15) is 35.5 Å². The van der Waals surface area contributed by atoms with Crippen molar-refractivity contribution in [3.8, 4) is 0 Å². The van der Waals surface area contributed by atoms with Crippen LogP contribution in [0.15, 0.2) is 18.3 Å². The van der Waals surface area contributed by atoms with Crippen LogP contribution in [0.3, 0.4) is 0 Å². The van der Waals surface area contributed by atoms with Gasteiger partial charge in [-0.1, -0.05) is 55.6 Å². The number of thiazole rings is 1. The maximum atomic E-state index is 12.2. The van der Waals surface area contributed by atoms with Crippen LogP contribution in [-0.2, 0) is 5.41 Å². The molecule has 1 amide bonds. The van der Waals surface area contributed by atoms with E-state index >= 15 is 0 Å². The number of hydrogen-bond donors (Lipinski definition) is 1. The number of benzene rings is 1. The third-order valence-corrected chi connectivity index (χ3v) is 5.09. The van der Waals surface area contributed by atoms with Gasteiger partial charge in [-0.05, 0) is 12.1 Å². The summed E-state index contributed by atoms with van der Waals surface area (Å²) < 4.78 is 0. The maximum absolute atomic E-state index is 12.2. The van der Waals surface area contributed by atoms with Gasteiger partial charge in [0.05, 0.1) is 32.0 Å². The van der Waals surface area contributed by atoms with E-state index in [0.717, 1.165) is 5.01 Å². The van der Waals surface area contributed by atoms with Gasteiger partial charge in [0.2, 0.25) is 0 Å². The van der Waals surface area contributed by atoms with Gasteiger partial charge in [0.1, 0.15) is 4.88 Å². The van der Waals surface area contributed by atoms with Crippen LogP contribution in [0, 0.1) is 0 Å². The van der Waals surface area contributed by atoms with E-state index in [0.29, 0.717) is 25.6 Å². The monoisotopic (exact) mass is 362 g/mol. The molecule has 0 aliphatic carbocycles. The van der Waals surface area contributed by atoms with Crippen molar-refractivity contribution in [2.45, 2.75) is 26.2 Å². The van der Waals surface area contributed by atoms with Gasteiger partial charge in [-0.25, -0.2) is 4.98 Å². The number of rotatable bonds is 2. The molecular formula is C14H13Cl3N2OS. The molecule has 21 heavy (non-hydrogen) atoms. The van der Waals surface area contributed by atoms with E-state index < -0.39 is 0 Å². The van der Waals surface area contributed by atoms with E-state index in [9.17, 15) is 4.79 Å². The van der Waals surface area contributed by atoms with Crippen molar-refractivity contribution in [1.29, 1.82) is 0 Å². The fourth-order valence-corrected chi connectivity index (χ4v) is 2.99. The van der Waals surface area contributed by atoms with Gasteiger partial charge in [0.15, 0.2) is 0 Å². The second-order valence-corrected chi connectivity index (χ2v) is 7.73. The van der Waals surface area contributed by atoms with Crippen molar-refractivity contribution in [3.05, 3.63) is 43.3 Å². The van der Waals surface area contributed by atoms with Crippen LogP contribution in [0.2, 0.25) is 15.1 Å². The molecule has 0 saturated heterocycles. The fourth-order valence-electron chi connectivity index (χ4n) is 1.53. The Bertz CT molecular complexity index is 692. The van der Waals surface area contributed by atoms with Gasteiger partial charge in [-0.3, -0.25) is 4.79 Å². The molecule has 0 saturated carbocycles. The topological polar surface area (TPSA) is 42.0 Å². The first kappa shape index (κ1) is 16.6.